The zero-order valence-electron chi connectivity index (χ0n) is 8.89. The molecule has 13 heavy (non-hydrogen) atoms. The Hall–Kier alpha value is -0.120. The van der Waals surface area contributed by atoms with Gasteiger partial charge in [-0.05, 0) is 20.8 Å². The molecule has 0 aliphatic carbocycles. The Balaban J connectivity index is 2.14. The average molecular weight is 184 g/mol. The van der Waals surface area contributed by atoms with Crippen molar-refractivity contribution < 1.29 is 4.74 Å². The number of nitrogens with one attached hydrogen (secondary N) is 1. The Morgan fingerprint density at radius 3 is 2.38 bits per heavy atom. The highest BCUT2D eigenvalue weighted by molar-refractivity contribution is 5.04. The van der Waals surface area contributed by atoms with Crippen LogP contribution >= 0.6 is 0 Å². The average Bonchev–Trinajstić information content (AvgIpc) is 2.00. The van der Waals surface area contributed by atoms with Gasteiger partial charge in [-0.15, -0.1) is 0 Å². The molecule has 2 saturated heterocycles. The van der Waals surface area contributed by atoms with Crippen molar-refractivity contribution in [2.45, 2.75) is 31.8 Å². The number of hydrogen-bond donors (Lipinski definition) is 1. The number of piperazine rings is 1. The molecule has 0 radical (unpaired) electrons. The van der Waals surface area contributed by atoms with Gasteiger partial charge in [-0.3, -0.25) is 4.90 Å². The normalized spacial score (nSPS) is 28.8. The maximum absolute atomic E-state index is 5.36. The van der Waals surface area contributed by atoms with Crippen LogP contribution in [0.4, 0.5) is 0 Å². The lowest BCUT2D eigenvalue weighted by molar-refractivity contribution is -0.174. The molecule has 2 aliphatic rings. The molecule has 0 bridgehead atoms. The molecule has 2 aliphatic heterocycles. The third-order valence-electron chi connectivity index (χ3n) is 3.09. The number of ether oxygens (including phenoxy) is 1. The van der Waals surface area contributed by atoms with Crippen molar-refractivity contribution in [2.75, 3.05) is 32.8 Å². The van der Waals surface area contributed by atoms with E-state index in [-0.39, 0.29) is 5.54 Å². The molecule has 0 saturated carbocycles. The summed E-state index contributed by atoms with van der Waals surface area (Å²) in [5.74, 6) is 0. The molecule has 0 aromatic carbocycles. The van der Waals surface area contributed by atoms with Gasteiger partial charge in [0.2, 0.25) is 0 Å². The van der Waals surface area contributed by atoms with Crippen LogP contribution in [0.5, 0.6) is 0 Å². The van der Waals surface area contributed by atoms with Crippen LogP contribution in [0.15, 0.2) is 0 Å². The molecular formula is C10H20N2O. The van der Waals surface area contributed by atoms with Crippen molar-refractivity contribution in [3.63, 3.8) is 0 Å². The second kappa shape index (κ2) is 2.94. The minimum atomic E-state index is 0.270. The summed E-state index contributed by atoms with van der Waals surface area (Å²) < 4.78 is 5.36. The van der Waals surface area contributed by atoms with Gasteiger partial charge in [0.15, 0.2) is 0 Å². The Kier molecular flexibility index (Phi) is 2.13. The third-order valence-corrected chi connectivity index (χ3v) is 3.09. The van der Waals surface area contributed by atoms with Gasteiger partial charge < -0.3 is 10.1 Å². The molecule has 0 amide bonds. The van der Waals surface area contributed by atoms with E-state index in [1.165, 1.54) is 0 Å². The van der Waals surface area contributed by atoms with Crippen molar-refractivity contribution >= 4 is 0 Å². The molecule has 2 rings (SSSR count). The number of rotatable bonds is 0. The summed E-state index contributed by atoms with van der Waals surface area (Å²) >= 11 is 0. The molecule has 0 aromatic heterocycles. The van der Waals surface area contributed by atoms with Gasteiger partial charge in [0, 0.05) is 25.2 Å². The van der Waals surface area contributed by atoms with E-state index >= 15 is 0 Å². The summed E-state index contributed by atoms with van der Waals surface area (Å²) in [6.07, 6.45) is 0. The largest absolute Gasteiger partial charge is 0.377 e. The lowest BCUT2D eigenvalue weighted by Crippen LogP contribution is -2.74. The Labute approximate surface area is 80.4 Å². The monoisotopic (exact) mass is 184 g/mol. The minimum absolute atomic E-state index is 0.270. The van der Waals surface area contributed by atoms with Crippen molar-refractivity contribution in [3.05, 3.63) is 0 Å². The summed E-state index contributed by atoms with van der Waals surface area (Å²) in [7, 11) is 0. The van der Waals surface area contributed by atoms with Crippen LogP contribution in [0.2, 0.25) is 0 Å². The third kappa shape index (κ3) is 1.49. The van der Waals surface area contributed by atoms with Crippen LogP contribution in [0, 0.1) is 0 Å². The molecule has 0 unspecified atom stereocenters. The maximum atomic E-state index is 5.36. The lowest BCUT2D eigenvalue weighted by atomic mass is 9.87. The first-order valence-electron chi connectivity index (χ1n) is 5.11. The van der Waals surface area contributed by atoms with Crippen LogP contribution in [-0.4, -0.2) is 48.8 Å². The molecule has 3 heteroatoms. The van der Waals surface area contributed by atoms with E-state index in [1.54, 1.807) is 0 Å². The van der Waals surface area contributed by atoms with E-state index in [0.29, 0.717) is 5.54 Å². The van der Waals surface area contributed by atoms with E-state index in [2.05, 4.69) is 31.0 Å². The summed E-state index contributed by atoms with van der Waals surface area (Å²) in [5.41, 5.74) is 0.572. The number of nitrogens with zero attached hydrogens (tertiary/aromatic N) is 1. The zero-order chi connectivity index (χ0) is 9.53. The molecule has 0 atom stereocenters. The van der Waals surface area contributed by atoms with Crippen LogP contribution in [0.25, 0.3) is 0 Å². The van der Waals surface area contributed by atoms with Crippen molar-refractivity contribution in [1.82, 2.24) is 10.2 Å². The number of hydrogen-bond acceptors (Lipinski definition) is 3. The van der Waals surface area contributed by atoms with Gasteiger partial charge in [-0.1, -0.05) is 0 Å². The van der Waals surface area contributed by atoms with E-state index in [4.69, 9.17) is 4.74 Å². The van der Waals surface area contributed by atoms with Crippen LogP contribution in [0.3, 0.4) is 0 Å². The minimum Gasteiger partial charge on any atom is -0.377 e. The standard InChI is InChI=1S/C10H20N2O/c1-9(2,3)12-5-4-11-6-10(12)7-13-8-10/h11H,4-8H2,1-3H3. The first-order chi connectivity index (χ1) is 6.05. The summed E-state index contributed by atoms with van der Waals surface area (Å²) in [6, 6.07) is 0. The first kappa shape index (κ1) is 9.44. The smallest absolute Gasteiger partial charge is 0.0809 e. The molecule has 76 valence electrons. The van der Waals surface area contributed by atoms with Crippen molar-refractivity contribution in [1.29, 1.82) is 0 Å². The summed E-state index contributed by atoms with van der Waals surface area (Å²) in [5, 5.41) is 3.46. The quantitative estimate of drug-likeness (QED) is 0.592. The summed E-state index contributed by atoms with van der Waals surface area (Å²) in [4.78, 5) is 2.60. The highest BCUT2D eigenvalue weighted by Gasteiger charge is 2.49. The Bertz CT molecular complexity index is 194. The van der Waals surface area contributed by atoms with E-state index < -0.39 is 0 Å². The lowest BCUT2D eigenvalue weighted by Gasteiger charge is -2.57. The molecular weight excluding hydrogens is 164 g/mol. The molecule has 2 heterocycles. The highest BCUT2D eigenvalue weighted by atomic mass is 16.5. The molecule has 0 aromatic rings. The van der Waals surface area contributed by atoms with Gasteiger partial charge in [-0.2, -0.15) is 0 Å². The Morgan fingerprint density at radius 2 is 2.00 bits per heavy atom. The van der Waals surface area contributed by atoms with Crippen LogP contribution in [0.1, 0.15) is 20.8 Å². The predicted molar refractivity (Wildman–Crippen MR) is 52.9 cm³/mol. The van der Waals surface area contributed by atoms with Gasteiger partial charge in [0.05, 0.1) is 18.8 Å². The maximum Gasteiger partial charge on any atom is 0.0809 e. The molecule has 3 nitrogen and oxygen atoms in total. The molecule has 1 N–H and O–H groups in total. The van der Waals surface area contributed by atoms with Gasteiger partial charge >= 0.3 is 0 Å². The first-order valence-corrected chi connectivity index (χ1v) is 5.11. The fraction of sp³-hybridized carbons (Fsp3) is 1.00. The van der Waals surface area contributed by atoms with E-state index in [9.17, 15) is 0 Å². The molecule has 1 spiro atoms. The Morgan fingerprint density at radius 1 is 1.31 bits per heavy atom. The SMILES string of the molecule is CC(C)(C)N1CCNCC12COC2. The van der Waals surface area contributed by atoms with Gasteiger partial charge in [0.1, 0.15) is 0 Å². The van der Waals surface area contributed by atoms with Gasteiger partial charge in [-0.25, -0.2) is 0 Å². The molecule has 2 fully saturated rings. The van der Waals surface area contributed by atoms with E-state index in [0.717, 1.165) is 32.8 Å². The fourth-order valence-corrected chi connectivity index (χ4v) is 2.49. The van der Waals surface area contributed by atoms with Crippen molar-refractivity contribution in [2.24, 2.45) is 0 Å². The van der Waals surface area contributed by atoms with E-state index in [1.807, 2.05) is 0 Å². The van der Waals surface area contributed by atoms with Gasteiger partial charge in [0.25, 0.3) is 0 Å². The van der Waals surface area contributed by atoms with Crippen LogP contribution in [-0.2, 0) is 4.74 Å². The fourth-order valence-electron chi connectivity index (χ4n) is 2.49. The highest BCUT2D eigenvalue weighted by Crippen LogP contribution is 2.32. The zero-order valence-corrected chi connectivity index (χ0v) is 8.89. The predicted octanol–water partition coefficient (Wildman–Crippen LogP) is 0.459. The van der Waals surface area contributed by atoms with Crippen molar-refractivity contribution in [3.8, 4) is 0 Å². The summed E-state index contributed by atoms with van der Waals surface area (Å²) in [6.45, 7) is 12.0. The second-order valence-electron chi connectivity index (χ2n) is 5.22. The second-order valence-corrected chi connectivity index (χ2v) is 5.22. The van der Waals surface area contributed by atoms with Crippen LogP contribution < -0.4 is 5.32 Å². The topological polar surface area (TPSA) is 24.5 Å².